The average molecular weight is 218 g/mol. The van der Waals surface area contributed by atoms with Crippen molar-refractivity contribution in [1.29, 1.82) is 0 Å². The van der Waals surface area contributed by atoms with Crippen molar-refractivity contribution < 1.29 is 24.7 Å². The SMILES string of the molecule is NC(=[NH2+])c1ccccc1.O=P([O-])(O)O. The van der Waals surface area contributed by atoms with E-state index in [1.807, 2.05) is 30.3 Å². The van der Waals surface area contributed by atoms with E-state index in [0.717, 1.165) is 5.56 Å². The van der Waals surface area contributed by atoms with E-state index >= 15 is 0 Å². The van der Waals surface area contributed by atoms with Gasteiger partial charge in [0.15, 0.2) is 0 Å². The van der Waals surface area contributed by atoms with Crippen molar-refractivity contribution >= 4 is 13.7 Å². The van der Waals surface area contributed by atoms with Crippen LogP contribution in [-0.2, 0) is 4.57 Å². The number of nitrogens with two attached hydrogens (primary N) is 2. The van der Waals surface area contributed by atoms with E-state index in [1.54, 1.807) is 0 Å². The molecule has 0 saturated carbocycles. The van der Waals surface area contributed by atoms with Gasteiger partial charge in [0.05, 0.1) is 5.56 Å². The zero-order valence-corrected chi connectivity index (χ0v) is 8.09. The molecule has 6 N–H and O–H groups in total. The van der Waals surface area contributed by atoms with E-state index in [9.17, 15) is 0 Å². The van der Waals surface area contributed by atoms with Crippen molar-refractivity contribution in [3.63, 3.8) is 0 Å². The second-order valence-electron chi connectivity index (χ2n) is 2.31. The Morgan fingerprint density at radius 2 is 1.71 bits per heavy atom. The number of benzene rings is 1. The first-order valence-electron chi connectivity index (χ1n) is 3.50. The molecule has 0 unspecified atom stereocenters. The van der Waals surface area contributed by atoms with E-state index in [2.05, 4.69) is 0 Å². The molecule has 78 valence electrons. The predicted octanol–water partition coefficient (Wildman–Crippen LogP) is -2.41. The summed E-state index contributed by atoms with van der Waals surface area (Å²) in [6.07, 6.45) is 0. The minimum absolute atomic E-state index is 0.371. The Hall–Kier alpha value is -1.20. The van der Waals surface area contributed by atoms with Gasteiger partial charge in [-0.05, 0) is 12.1 Å². The average Bonchev–Trinajstić information content (AvgIpc) is 2.03. The largest absolute Gasteiger partial charge is 0.756 e. The Morgan fingerprint density at radius 3 is 1.93 bits per heavy atom. The van der Waals surface area contributed by atoms with Crippen molar-refractivity contribution in [2.24, 2.45) is 5.73 Å². The maximum absolute atomic E-state index is 8.77. The van der Waals surface area contributed by atoms with Gasteiger partial charge in [-0.15, -0.1) is 0 Å². The molecular formula is C7H11N2O4P. The molecule has 0 aliphatic rings. The lowest BCUT2D eigenvalue weighted by molar-refractivity contribution is -0.214. The highest BCUT2D eigenvalue weighted by atomic mass is 31.2. The van der Waals surface area contributed by atoms with Crippen LogP contribution in [0.2, 0.25) is 0 Å². The molecule has 0 bridgehead atoms. The van der Waals surface area contributed by atoms with Crippen LogP contribution in [0.25, 0.3) is 0 Å². The van der Waals surface area contributed by atoms with Gasteiger partial charge in [-0.2, -0.15) is 0 Å². The summed E-state index contributed by atoms with van der Waals surface area (Å²) in [4.78, 5) is 22.9. The second kappa shape index (κ2) is 5.51. The number of rotatable bonds is 1. The van der Waals surface area contributed by atoms with Gasteiger partial charge in [0.25, 0.3) is 13.7 Å². The lowest BCUT2D eigenvalue weighted by Gasteiger charge is -2.01. The maximum Gasteiger partial charge on any atom is 0.270 e. The topological polar surface area (TPSA) is 132 Å². The normalized spacial score (nSPS) is 9.93. The molecule has 1 aromatic rings. The quantitative estimate of drug-likeness (QED) is 0.237. The number of hydrogen-bond acceptors (Lipinski definition) is 2. The molecule has 0 radical (unpaired) electrons. The van der Waals surface area contributed by atoms with E-state index in [1.165, 1.54) is 0 Å². The summed E-state index contributed by atoms with van der Waals surface area (Å²) in [7, 11) is -4.89. The van der Waals surface area contributed by atoms with Crippen LogP contribution >= 0.6 is 7.82 Å². The second-order valence-corrected chi connectivity index (χ2v) is 3.29. The number of amidine groups is 1. The highest BCUT2D eigenvalue weighted by Crippen LogP contribution is 2.18. The molecular weight excluding hydrogens is 207 g/mol. The fraction of sp³-hybridized carbons (Fsp3) is 0. The first-order chi connectivity index (χ1) is 6.30. The van der Waals surface area contributed by atoms with Crippen molar-refractivity contribution in [2.45, 2.75) is 0 Å². The highest BCUT2D eigenvalue weighted by Gasteiger charge is 1.95. The maximum atomic E-state index is 8.77. The monoisotopic (exact) mass is 218 g/mol. The molecule has 6 nitrogen and oxygen atoms in total. The van der Waals surface area contributed by atoms with Crippen molar-refractivity contribution in [3.05, 3.63) is 35.9 Å². The lowest BCUT2D eigenvalue weighted by atomic mass is 10.2. The fourth-order valence-electron chi connectivity index (χ4n) is 0.631. The smallest absolute Gasteiger partial charge is 0.270 e. The van der Waals surface area contributed by atoms with Crippen LogP contribution < -0.4 is 16.0 Å². The third kappa shape index (κ3) is 8.89. The molecule has 0 fully saturated rings. The molecule has 7 heteroatoms. The number of phosphoric acid groups is 1. The molecule has 0 spiro atoms. The van der Waals surface area contributed by atoms with E-state index < -0.39 is 7.82 Å². The minimum Gasteiger partial charge on any atom is -0.756 e. The third-order valence-electron chi connectivity index (χ3n) is 1.11. The third-order valence-corrected chi connectivity index (χ3v) is 1.11. The summed E-state index contributed by atoms with van der Waals surface area (Å²) in [5.41, 5.74) is 6.19. The molecule has 14 heavy (non-hydrogen) atoms. The van der Waals surface area contributed by atoms with E-state index in [0.29, 0.717) is 5.84 Å². The fourth-order valence-corrected chi connectivity index (χ4v) is 0.631. The van der Waals surface area contributed by atoms with Crippen LogP contribution in [-0.4, -0.2) is 15.6 Å². The Balaban J connectivity index is 0.000000292. The van der Waals surface area contributed by atoms with Crippen LogP contribution in [0.1, 0.15) is 5.56 Å². The Bertz CT molecular complexity index is 327. The summed E-state index contributed by atoms with van der Waals surface area (Å²) >= 11 is 0. The molecule has 0 aromatic heterocycles. The standard InChI is InChI=1S/C7H8N2.H3O4P/c8-7(9)6-4-2-1-3-5-6;1-5(2,3)4/h1-5H,(H3,8,9);(H3,1,2,3,4). The highest BCUT2D eigenvalue weighted by molar-refractivity contribution is 7.43. The molecule has 0 saturated heterocycles. The van der Waals surface area contributed by atoms with Gasteiger partial charge in [0.1, 0.15) is 0 Å². The molecule has 0 atom stereocenters. The van der Waals surface area contributed by atoms with Gasteiger partial charge in [-0.25, -0.2) is 0 Å². The molecule has 0 aliphatic heterocycles. The van der Waals surface area contributed by atoms with Crippen LogP contribution in [0.3, 0.4) is 0 Å². The van der Waals surface area contributed by atoms with Crippen LogP contribution in [0.4, 0.5) is 0 Å². The van der Waals surface area contributed by atoms with Crippen molar-refractivity contribution in [1.82, 2.24) is 0 Å². The zero-order valence-electron chi connectivity index (χ0n) is 7.20. The zero-order chi connectivity index (χ0) is 11.2. The predicted molar refractivity (Wildman–Crippen MR) is 48.7 cm³/mol. The molecule has 1 rings (SSSR count). The van der Waals surface area contributed by atoms with Gasteiger partial charge >= 0.3 is 0 Å². The Kier molecular flexibility index (Phi) is 5.04. The minimum atomic E-state index is -4.89. The Morgan fingerprint density at radius 1 is 1.36 bits per heavy atom. The van der Waals surface area contributed by atoms with Crippen LogP contribution in [0, 0.1) is 0 Å². The van der Waals surface area contributed by atoms with Gasteiger partial charge < -0.3 is 14.7 Å². The van der Waals surface area contributed by atoms with Gasteiger partial charge in [-0.3, -0.25) is 15.7 Å². The van der Waals surface area contributed by atoms with Gasteiger partial charge in [-0.1, -0.05) is 18.2 Å². The van der Waals surface area contributed by atoms with Crippen molar-refractivity contribution in [2.75, 3.05) is 0 Å². The van der Waals surface area contributed by atoms with Gasteiger partial charge in [0, 0.05) is 0 Å². The summed E-state index contributed by atoms with van der Waals surface area (Å²) in [5, 5.41) is 5.31. The van der Waals surface area contributed by atoms with Crippen molar-refractivity contribution in [3.8, 4) is 0 Å². The summed E-state index contributed by atoms with van der Waals surface area (Å²) in [6, 6.07) is 9.46. The first-order valence-corrected chi connectivity index (χ1v) is 5.03. The van der Waals surface area contributed by atoms with Crippen LogP contribution in [0.15, 0.2) is 30.3 Å². The molecule has 0 aliphatic carbocycles. The lowest BCUT2D eigenvalue weighted by Crippen LogP contribution is -2.46. The van der Waals surface area contributed by atoms with Crippen LogP contribution in [0.5, 0.6) is 0 Å². The number of hydrogen-bond donors (Lipinski definition) is 4. The molecule has 1 aromatic carbocycles. The van der Waals surface area contributed by atoms with E-state index in [4.69, 9.17) is 30.4 Å². The summed E-state index contributed by atoms with van der Waals surface area (Å²) in [6.45, 7) is 0. The van der Waals surface area contributed by atoms with E-state index in [-0.39, 0.29) is 0 Å². The Labute approximate surface area is 80.8 Å². The molecule has 0 heterocycles. The summed E-state index contributed by atoms with van der Waals surface area (Å²) < 4.78 is 8.77. The summed E-state index contributed by atoms with van der Waals surface area (Å²) in [5.74, 6) is 0.371. The molecule has 0 amide bonds. The first kappa shape index (κ1) is 12.8. The van der Waals surface area contributed by atoms with Gasteiger partial charge in [0.2, 0.25) is 0 Å².